The Hall–Kier alpha value is -0.930. The first-order valence-electron chi connectivity index (χ1n) is 7.28. The van der Waals surface area contributed by atoms with Crippen LogP contribution in [0.4, 0.5) is 0 Å². The fourth-order valence-electron chi connectivity index (χ4n) is 2.88. The van der Waals surface area contributed by atoms with Gasteiger partial charge in [-0.05, 0) is 31.0 Å². The van der Waals surface area contributed by atoms with Crippen molar-refractivity contribution < 1.29 is 9.53 Å². The van der Waals surface area contributed by atoms with Gasteiger partial charge in [0.15, 0.2) is 0 Å². The van der Waals surface area contributed by atoms with E-state index in [1.165, 1.54) is 26.4 Å². The van der Waals surface area contributed by atoms with Crippen LogP contribution >= 0.6 is 23.2 Å². The van der Waals surface area contributed by atoms with Gasteiger partial charge in [-0.25, -0.2) is 0 Å². The lowest BCUT2D eigenvalue weighted by Gasteiger charge is -2.35. The van der Waals surface area contributed by atoms with Crippen LogP contribution in [0.2, 0.25) is 5.02 Å². The summed E-state index contributed by atoms with van der Waals surface area (Å²) in [6.45, 7) is 0.612. The van der Waals surface area contributed by atoms with Gasteiger partial charge in [0, 0.05) is 22.9 Å². The standard InChI is InChI=1S/C16H21Cl2NO2/c1-21-14-9-12(18)5-6-13(14)15(20)19-11-16(10-17)7-3-2-4-8-16/h5-6,9H,2-4,7-8,10-11H2,1H3,(H,19,20). The minimum Gasteiger partial charge on any atom is -0.496 e. The van der Waals surface area contributed by atoms with Gasteiger partial charge in [0.1, 0.15) is 5.75 Å². The summed E-state index contributed by atoms with van der Waals surface area (Å²) in [6, 6.07) is 5.02. The van der Waals surface area contributed by atoms with Crippen molar-refractivity contribution in [3.63, 3.8) is 0 Å². The Bertz CT molecular complexity index is 499. The molecule has 116 valence electrons. The molecule has 1 fully saturated rings. The highest BCUT2D eigenvalue weighted by atomic mass is 35.5. The maximum atomic E-state index is 12.4. The average molecular weight is 330 g/mol. The topological polar surface area (TPSA) is 38.3 Å². The molecular formula is C16H21Cl2NO2. The lowest BCUT2D eigenvalue weighted by atomic mass is 9.75. The van der Waals surface area contributed by atoms with Crippen molar-refractivity contribution in [2.24, 2.45) is 5.41 Å². The third-order valence-corrected chi connectivity index (χ3v) is 5.03. The lowest BCUT2D eigenvalue weighted by Crippen LogP contribution is -2.40. The van der Waals surface area contributed by atoms with Crippen molar-refractivity contribution in [3.05, 3.63) is 28.8 Å². The summed E-state index contributed by atoms with van der Waals surface area (Å²) in [4.78, 5) is 12.4. The number of nitrogens with one attached hydrogen (secondary N) is 1. The summed E-state index contributed by atoms with van der Waals surface area (Å²) in [7, 11) is 1.53. The minimum absolute atomic E-state index is 0.0368. The van der Waals surface area contributed by atoms with Crippen LogP contribution in [0.1, 0.15) is 42.5 Å². The zero-order chi connectivity index (χ0) is 15.3. The average Bonchev–Trinajstić information content (AvgIpc) is 2.53. The predicted octanol–water partition coefficient (Wildman–Crippen LogP) is 4.27. The maximum absolute atomic E-state index is 12.4. The van der Waals surface area contributed by atoms with E-state index < -0.39 is 0 Å². The van der Waals surface area contributed by atoms with Crippen molar-refractivity contribution in [1.82, 2.24) is 5.32 Å². The zero-order valence-electron chi connectivity index (χ0n) is 12.3. The van der Waals surface area contributed by atoms with E-state index in [-0.39, 0.29) is 11.3 Å². The second-order valence-corrected chi connectivity index (χ2v) is 6.43. The van der Waals surface area contributed by atoms with Gasteiger partial charge in [-0.1, -0.05) is 30.9 Å². The van der Waals surface area contributed by atoms with Crippen molar-refractivity contribution in [2.45, 2.75) is 32.1 Å². The molecule has 1 amide bonds. The quantitative estimate of drug-likeness (QED) is 0.819. The molecular weight excluding hydrogens is 309 g/mol. The Balaban J connectivity index is 2.04. The molecule has 0 aliphatic heterocycles. The summed E-state index contributed by atoms with van der Waals surface area (Å²) in [5.74, 6) is 0.938. The summed E-state index contributed by atoms with van der Waals surface area (Å²) in [6.07, 6.45) is 5.79. The van der Waals surface area contributed by atoms with Gasteiger partial charge in [0.25, 0.3) is 5.91 Å². The van der Waals surface area contributed by atoms with Crippen LogP contribution in [0.25, 0.3) is 0 Å². The van der Waals surface area contributed by atoms with Crippen LogP contribution in [0, 0.1) is 5.41 Å². The van der Waals surface area contributed by atoms with Crippen molar-refractivity contribution in [3.8, 4) is 5.75 Å². The van der Waals surface area contributed by atoms with Crippen molar-refractivity contribution in [2.75, 3.05) is 19.5 Å². The second kappa shape index (κ2) is 7.37. The highest BCUT2D eigenvalue weighted by Gasteiger charge is 2.31. The molecule has 0 aromatic heterocycles. The van der Waals surface area contributed by atoms with E-state index in [9.17, 15) is 4.79 Å². The van der Waals surface area contributed by atoms with Crippen molar-refractivity contribution in [1.29, 1.82) is 0 Å². The molecule has 1 N–H and O–H groups in total. The van der Waals surface area contributed by atoms with Crippen LogP contribution < -0.4 is 10.1 Å². The van der Waals surface area contributed by atoms with Crippen LogP contribution in [-0.4, -0.2) is 25.4 Å². The van der Waals surface area contributed by atoms with E-state index in [2.05, 4.69) is 5.32 Å². The Morgan fingerprint density at radius 3 is 2.67 bits per heavy atom. The molecule has 3 nitrogen and oxygen atoms in total. The Morgan fingerprint density at radius 1 is 1.33 bits per heavy atom. The van der Waals surface area contributed by atoms with Gasteiger partial charge in [-0.3, -0.25) is 4.79 Å². The Kier molecular flexibility index (Phi) is 5.77. The first-order valence-corrected chi connectivity index (χ1v) is 8.19. The smallest absolute Gasteiger partial charge is 0.255 e. The molecule has 1 aromatic rings. The highest BCUT2D eigenvalue weighted by molar-refractivity contribution is 6.30. The van der Waals surface area contributed by atoms with E-state index in [4.69, 9.17) is 27.9 Å². The van der Waals surface area contributed by atoms with Gasteiger partial charge < -0.3 is 10.1 Å². The highest BCUT2D eigenvalue weighted by Crippen LogP contribution is 2.37. The molecule has 1 aliphatic rings. The van der Waals surface area contributed by atoms with E-state index in [1.807, 2.05) is 0 Å². The van der Waals surface area contributed by atoms with Gasteiger partial charge in [-0.2, -0.15) is 0 Å². The SMILES string of the molecule is COc1cc(Cl)ccc1C(=O)NCC1(CCl)CCCCC1. The first kappa shape index (κ1) is 16.4. The normalized spacial score (nSPS) is 17.3. The summed E-state index contributed by atoms with van der Waals surface area (Å²) >= 11 is 12.1. The number of methoxy groups -OCH3 is 1. The van der Waals surface area contributed by atoms with Gasteiger partial charge in [0.05, 0.1) is 12.7 Å². The number of hydrogen-bond donors (Lipinski definition) is 1. The second-order valence-electron chi connectivity index (χ2n) is 5.72. The molecule has 21 heavy (non-hydrogen) atoms. The summed E-state index contributed by atoms with van der Waals surface area (Å²) in [5, 5.41) is 3.56. The largest absolute Gasteiger partial charge is 0.496 e. The third kappa shape index (κ3) is 4.04. The predicted molar refractivity (Wildman–Crippen MR) is 86.6 cm³/mol. The number of carbonyl (C=O) groups is 1. The molecule has 0 spiro atoms. The van der Waals surface area contributed by atoms with Crippen LogP contribution in [0.15, 0.2) is 18.2 Å². The minimum atomic E-state index is -0.140. The fraction of sp³-hybridized carbons (Fsp3) is 0.562. The van der Waals surface area contributed by atoms with Gasteiger partial charge >= 0.3 is 0 Å². The molecule has 1 saturated carbocycles. The van der Waals surface area contributed by atoms with Crippen molar-refractivity contribution >= 4 is 29.1 Å². The molecule has 0 heterocycles. The number of amides is 1. The maximum Gasteiger partial charge on any atom is 0.255 e. The number of rotatable bonds is 5. The molecule has 0 unspecified atom stereocenters. The molecule has 0 bridgehead atoms. The van der Waals surface area contributed by atoms with E-state index in [0.717, 1.165) is 12.8 Å². The number of ether oxygens (including phenoxy) is 1. The molecule has 2 rings (SSSR count). The fourth-order valence-corrected chi connectivity index (χ4v) is 3.40. The first-order chi connectivity index (χ1) is 10.1. The number of halogens is 2. The molecule has 1 aromatic carbocycles. The zero-order valence-corrected chi connectivity index (χ0v) is 13.8. The summed E-state index contributed by atoms with van der Waals surface area (Å²) in [5.41, 5.74) is 0.539. The van der Waals surface area contributed by atoms with Crippen LogP contribution in [0.5, 0.6) is 5.75 Å². The van der Waals surface area contributed by atoms with E-state index in [1.54, 1.807) is 18.2 Å². The molecule has 0 atom stereocenters. The lowest BCUT2D eigenvalue weighted by molar-refractivity contribution is 0.0918. The molecule has 1 aliphatic carbocycles. The molecule has 5 heteroatoms. The molecule has 0 radical (unpaired) electrons. The van der Waals surface area contributed by atoms with Crippen LogP contribution in [-0.2, 0) is 0 Å². The monoisotopic (exact) mass is 329 g/mol. The third-order valence-electron chi connectivity index (χ3n) is 4.23. The van der Waals surface area contributed by atoms with Gasteiger partial charge in [0.2, 0.25) is 0 Å². The number of hydrogen-bond acceptors (Lipinski definition) is 2. The number of alkyl halides is 1. The summed E-state index contributed by atoms with van der Waals surface area (Å²) < 4.78 is 5.22. The van der Waals surface area contributed by atoms with Crippen LogP contribution in [0.3, 0.4) is 0 Å². The van der Waals surface area contributed by atoms with E-state index >= 15 is 0 Å². The number of carbonyl (C=O) groups excluding carboxylic acids is 1. The van der Waals surface area contributed by atoms with E-state index in [0.29, 0.717) is 28.8 Å². The Labute approximate surface area is 136 Å². The van der Waals surface area contributed by atoms with Gasteiger partial charge in [-0.15, -0.1) is 11.6 Å². The Morgan fingerprint density at radius 2 is 2.05 bits per heavy atom. The number of benzene rings is 1. The molecule has 0 saturated heterocycles.